The van der Waals surface area contributed by atoms with Gasteiger partial charge in [-0.2, -0.15) is 0 Å². The first-order chi connectivity index (χ1) is 12.4. The van der Waals surface area contributed by atoms with Crippen LogP contribution in [-0.2, 0) is 16.1 Å². The van der Waals surface area contributed by atoms with E-state index >= 15 is 0 Å². The molecule has 134 valence electrons. The van der Waals surface area contributed by atoms with E-state index in [-0.39, 0.29) is 29.9 Å². The van der Waals surface area contributed by atoms with Crippen LogP contribution in [-0.4, -0.2) is 24.1 Å². The molecule has 26 heavy (non-hydrogen) atoms. The summed E-state index contributed by atoms with van der Waals surface area (Å²) in [4.78, 5) is 37.9. The first-order valence-corrected chi connectivity index (χ1v) is 8.68. The van der Waals surface area contributed by atoms with E-state index in [1.54, 1.807) is 29.2 Å². The van der Waals surface area contributed by atoms with Crippen molar-refractivity contribution in [2.45, 2.75) is 26.8 Å². The van der Waals surface area contributed by atoms with Crippen LogP contribution in [0.5, 0.6) is 0 Å². The molecule has 3 rings (SSSR count). The van der Waals surface area contributed by atoms with Crippen molar-refractivity contribution in [2.24, 2.45) is 5.92 Å². The van der Waals surface area contributed by atoms with E-state index in [9.17, 15) is 14.4 Å². The van der Waals surface area contributed by atoms with E-state index < -0.39 is 0 Å². The Balaban J connectivity index is 1.63. The summed E-state index contributed by atoms with van der Waals surface area (Å²) in [7, 11) is 0. The third-order valence-corrected chi connectivity index (χ3v) is 4.65. The van der Waals surface area contributed by atoms with Crippen LogP contribution < -0.4 is 10.2 Å². The lowest BCUT2D eigenvalue weighted by atomic mass is 10.1. The summed E-state index contributed by atoms with van der Waals surface area (Å²) in [6.45, 7) is 4.29. The molecule has 0 spiro atoms. The van der Waals surface area contributed by atoms with Crippen LogP contribution in [0.25, 0.3) is 0 Å². The monoisotopic (exact) mass is 350 g/mol. The van der Waals surface area contributed by atoms with Crippen molar-refractivity contribution in [1.82, 2.24) is 5.32 Å². The van der Waals surface area contributed by atoms with Crippen LogP contribution in [0.2, 0.25) is 0 Å². The van der Waals surface area contributed by atoms with Gasteiger partial charge in [0.1, 0.15) is 0 Å². The minimum atomic E-state index is -0.381. The van der Waals surface area contributed by atoms with Gasteiger partial charge in [0.15, 0.2) is 5.78 Å². The molecule has 5 heteroatoms. The molecular formula is C21H22N2O3. The molecule has 1 aliphatic rings. The Bertz CT molecular complexity index is 843. The molecule has 2 aromatic rings. The van der Waals surface area contributed by atoms with Crippen molar-refractivity contribution in [3.8, 4) is 0 Å². The summed E-state index contributed by atoms with van der Waals surface area (Å²) in [6.07, 6.45) is 0.185. The number of anilines is 1. The smallest absolute Gasteiger partial charge is 0.227 e. The van der Waals surface area contributed by atoms with Gasteiger partial charge in [-0.25, -0.2) is 0 Å². The fourth-order valence-corrected chi connectivity index (χ4v) is 3.06. The number of hydrogen-bond acceptors (Lipinski definition) is 3. The van der Waals surface area contributed by atoms with Crippen molar-refractivity contribution in [3.63, 3.8) is 0 Å². The molecule has 0 aromatic heterocycles. The van der Waals surface area contributed by atoms with Crippen LogP contribution in [0, 0.1) is 12.8 Å². The normalized spacial score (nSPS) is 16.6. The molecule has 1 N–H and O–H groups in total. The van der Waals surface area contributed by atoms with Crippen molar-refractivity contribution < 1.29 is 14.4 Å². The highest BCUT2D eigenvalue weighted by molar-refractivity contribution is 6.02. The standard InChI is InChI=1S/C21H22N2O3/c1-14-6-8-16(9-7-14)12-22-21(26)18-11-20(25)23(13-18)19-5-3-4-17(10-19)15(2)24/h3-10,18H,11-13H2,1-2H3,(H,22,26). The van der Waals surface area contributed by atoms with E-state index in [1.165, 1.54) is 12.5 Å². The van der Waals surface area contributed by atoms with E-state index in [0.717, 1.165) is 5.56 Å². The summed E-state index contributed by atoms with van der Waals surface area (Å²) < 4.78 is 0. The molecule has 0 bridgehead atoms. The Labute approximate surface area is 153 Å². The highest BCUT2D eigenvalue weighted by Crippen LogP contribution is 2.26. The Morgan fingerprint density at radius 3 is 2.58 bits per heavy atom. The van der Waals surface area contributed by atoms with Gasteiger partial charge in [-0.1, -0.05) is 42.0 Å². The first kappa shape index (κ1) is 17.9. The third kappa shape index (κ3) is 3.99. The highest BCUT2D eigenvalue weighted by atomic mass is 16.2. The molecule has 1 fully saturated rings. The average molecular weight is 350 g/mol. The molecule has 1 aliphatic heterocycles. The molecular weight excluding hydrogens is 328 g/mol. The predicted octanol–water partition coefficient (Wildman–Crippen LogP) is 2.87. The zero-order valence-corrected chi connectivity index (χ0v) is 15.0. The van der Waals surface area contributed by atoms with E-state index in [4.69, 9.17) is 0 Å². The van der Waals surface area contributed by atoms with Crippen LogP contribution in [0.15, 0.2) is 48.5 Å². The maximum atomic E-state index is 12.4. The Kier molecular flexibility index (Phi) is 5.16. The molecule has 0 aliphatic carbocycles. The van der Waals surface area contributed by atoms with Gasteiger partial charge in [0.2, 0.25) is 11.8 Å². The topological polar surface area (TPSA) is 66.5 Å². The Morgan fingerprint density at radius 1 is 1.15 bits per heavy atom. The zero-order chi connectivity index (χ0) is 18.7. The van der Waals surface area contributed by atoms with Gasteiger partial charge < -0.3 is 10.2 Å². The number of nitrogens with zero attached hydrogens (tertiary/aromatic N) is 1. The summed E-state index contributed by atoms with van der Waals surface area (Å²) in [5.41, 5.74) is 3.42. The maximum Gasteiger partial charge on any atom is 0.227 e. The molecule has 2 amide bonds. The number of ketones is 1. The molecule has 1 unspecified atom stereocenters. The van der Waals surface area contributed by atoms with Gasteiger partial charge in [0.05, 0.1) is 5.92 Å². The number of benzene rings is 2. The van der Waals surface area contributed by atoms with E-state index in [2.05, 4.69) is 5.32 Å². The number of carbonyl (C=O) groups is 3. The predicted molar refractivity (Wildman–Crippen MR) is 99.9 cm³/mol. The zero-order valence-electron chi connectivity index (χ0n) is 15.0. The summed E-state index contributed by atoms with van der Waals surface area (Å²) >= 11 is 0. The molecule has 0 radical (unpaired) electrons. The third-order valence-electron chi connectivity index (χ3n) is 4.65. The second-order valence-electron chi connectivity index (χ2n) is 6.72. The van der Waals surface area contributed by atoms with Gasteiger partial charge in [0.25, 0.3) is 0 Å². The number of amides is 2. The molecule has 2 aromatic carbocycles. The number of carbonyl (C=O) groups excluding carboxylic acids is 3. The van der Waals surface area contributed by atoms with Crippen molar-refractivity contribution in [3.05, 3.63) is 65.2 Å². The lowest BCUT2D eigenvalue weighted by molar-refractivity contribution is -0.126. The Hall–Kier alpha value is -2.95. The number of aryl methyl sites for hydroxylation is 1. The van der Waals surface area contributed by atoms with Gasteiger partial charge in [0, 0.05) is 30.8 Å². The molecule has 1 atom stereocenters. The van der Waals surface area contributed by atoms with Crippen molar-refractivity contribution >= 4 is 23.3 Å². The SMILES string of the molecule is CC(=O)c1cccc(N2CC(C(=O)NCc3ccc(C)cc3)CC2=O)c1. The summed E-state index contributed by atoms with van der Waals surface area (Å²) in [5, 5.41) is 2.91. The minimum Gasteiger partial charge on any atom is -0.352 e. The van der Waals surface area contributed by atoms with Gasteiger partial charge in [-0.05, 0) is 31.5 Å². The average Bonchev–Trinajstić information content (AvgIpc) is 3.03. The molecule has 5 nitrogen and oxygen atoms in total. The second kappa shape index (κ2) is 7.52. The molecule has 1 heterocycles. The van der Waals surface area contributed by atoms with Crippen LogP contribution in [0.4, 0.5) is 5.69 Å². The summed E-state index contributed by atoms with van der Waals surface area (Å²) in [6, 6.07) is 14.9. The number of hydrogen-bond donors (Lipinski definition) is 1. The number of rotatable bonds is 5. The largest absolute Gasteiger partial charge is 0.352 e. The second-order valence-corrected chi connectivity index (χ2v) is 6.72. The van der Waals surface area contributed by atoms with Gasteiger partial charge in [-0.3, -0.25) is 14.4 Å². The summed E-state index contributed by atoms with van der Waals surface area (Å²) in [5.74, 6) is -0.648. The van der Waals surface area contributed by atoms with E-state index in [0.29, 0.717) is 24.3 Å². The molecule has 0 saturated carbocycles. The van der Waals surface area contributed by atoms with Crippen molar-refractivity contribution in [2.75, 3.05) is 11.4 Å². The van der Waals surface area contributed by atoms with Crippen LogP contribution >= 0.6 is 0 Å². The number of nitrogens with one attached hydrogen (secondary N) is 1. The minimum absolute atomic E-state index is 0.0501. The Morgan fingerprint density at radius 2 is 1.88 bits per heavy atom. The lowest BCUT2D eigenvalue weighted by Gasteiger charge is -2.17. The van der Waals surface area contributed by atoms with E-state index in [1.807, 2.05) is 31.2 Å². The fourth-order valence-electron chi connectivity index (χ4n) is 3.06. The van der Waals surface area contributed by atoms with Crippen LogP contribution in [0.3, 0.4) is 0 Å². The van der Waals surface area contributed by atoms with Crippen LogP contribution in [0.1, 0.15) is 34.8 Å². The van der Waals surface area contributed by atoms with Crippen molar-refractivity contribution in [1.29, 1.82) is 0 Å². The molecule has 1 saturated heterocycles. The first-order valence-electron chi connectivity index (χ1n) is 8.68. The lowest BCUT2D eigenvalue weighted by Crippen LogP contribution is -2.32. The van der Waals surface area contributed by atoms with Gasteiger partial charge in [-0.15, -0.1) is 0 Å². The highest BCUT2D eigenvalue weighted by Gasteiger charge is 2.35. The fraction of sp³-hybridized carbons (Fsp3) is 0.286. The number of Topliss-reactive ketones (excluding diaryl/α,β-unsaturated/α-hetero) is 1. The maximum absolute atomic E-state index is 12.4. The quantitative estimate of drug-likeness (QED) is 0.843. The van der Waals surface area contributed by atoms with Gasteiger partial charge >= 0.3 is 0 Å².